The lowest BCUT2D eigenvalue weighted by molar-refractivity contribution is -0.119. The Labute approximate surface area is 170 Å². The maximum atomic E-state index is 12.3. The highest BCUT2D eigenvalue weighted by Gasteiger charge is 2.21. The molecule has 0 heterocycles. The van der Waals surface area contributed by atoms with E-state index in [0.717, 1.165) is 21.9 Å². The average Bonchev–Trinajstić information content (AvgIpc) is 2.65. The van der Waals surface area contributed by atoms with Crippen molar-refractivity contribution in [3.63, 3.8) is 0 Å². The fourth-order valence-electron chi connectivity index (χ4n) is 2.47. The summed E-state index contributed by atoms with van der Waals surface area (Å²) in [6, 6.07) is 11.8. The van der Waals surface area contributed by atoms with E-state index in [9.17, 15) is 13.2 Å². The summed E-state index contributed by atoms with van der Waals surface area (Å²) in [7, 11) is -2.23. The van der Waals surface area contributed by atoms with Gasteiger partial charge in [0.15, 0.2) is 0 Å². The van der Waals surface area contributed by atoms with Crippen molar-refractivity contribution in [3.8, 4) is 11.5 Å². The van der Waals surface area contributed by atoms with Gasteiger partial charge in [0.1, 0.15) is 18.0 Å². The largest absolute Gasteiger partial charge is 0.495 e. The number of amides is 1. The Hall–Kier alpha value is -2.45. The molecule has 0 radical (unpaired) electrons. The third-order valence-electron chi connectivity index (χ3n) is 3.83. The minimum absolute atomic E-state index is 0.253. The molecule has 0 atom stereocenters. The fraction of sp³-hybridized carbons (Fsp3) is 0.316. The summed E-state index contributed by atoms with van der Waals surface area (Å²) in [6.45, 7) is 2.38. The number of benzene rings is 2. The number of carbonyl (C=O) groups is 1. The lowest BCUT2D eigenvalue weighted by atomic mass is 10.2. The first-order valence-corrected chi connectivity index (χ1v) is 10.8. The van der Waals surface area contributed by atoms with Crippen LogP contribution in [0.2, 0.25) is 5.02 Å². The number of anilines is 1. The van der Waals surface area contributed by atoms with E-state index in [1.165, 1.54) is 19.2 Å². The molecule has 0 bridgehead atoms. The maximum Gasteiger partial charge on any atom is 0.241 e. The van der Waals surface area contributed by atoms with E-state index in [2.05, 4.69) is 5.32 Å². The summed E-state index contributed by atoms with van der Waals surface area (Å²) >= 11 is 6.08. The molecule has 1 amide bonds. The van der Waals surface area contributed by atoms with Gasteiger partial charge in [0.2, 0.25) is 15.9 Å². The molecule has 0 saturated heterocycles. The molecular formula is C19H23ClN2O5S. The highest BCUT2D eigenvalue weighted by molar-refractivity contribution is 7.92. The smallest absolute Gasteiger partial charge is 0.241 e. The summed E-state index contributed by atoms with van der Waals surface area (Å²) in [5, 5.41) is 2.97. The standard InChI is InChI=1S/C19H23ClN2O5S/c1-4-27-16-8-5-14(6-9-16)12-21-19(23)13-22(28(3,24)25)15-7-10-18(26-2)17(20)11-15/h5-11H,4,12-13H2,1-3H3,(H,21,23). The second-order valence-electron chi connectivity index (χ2n) is 5.94. The zero-order valence-corrected chi connectivity index (χ0v) is 17.5. The van der Waals surface area contributed by atoms with Gasteiger partial charge in [-0.15, -0.1) is 0 Å². The van der Waals surface area contributed by atoms with Crippen molar-refractivity contribution in [1.29, 1.82) is 0 Å². The van der Waals surface area contributed by atoms with Crippen LogP contribution >= 0.6 is 11.6 Å². The van der Waals surface area contributed by atoms with Crippen molar-refractivity contribution in [2.45, 2.75) is 13.5 Å². The molecule has 0 unspecified atom stereocenters. The van der Waals surface area contributed by atoms with E-state index >= 15 is 0 Å². The van der Waals surface area contributed by atoms with Crippen molar-refractivity contribution in [2.75, 3.05) is 30.8 Å². The van der Waals surface area contributed by atoms with Gasteiger partial charge in [-0.2, -0.15) is 0 Å². The molecule has 0 aliphatic heterocycles. The van der Waals surface area contributed by atoms with E-state index in [1.54, 1.807) is 6.07 Å². The predicted molar refractivity (Wildman–Crippen MR) is 110 cm³/mol. The van der Waals surface area contributed by atoms with E-state index < -0.39 is 15.9 Å². The number of nitrogens with one attached hydrogen (secondary N) is 1. The highest BCUT2D eigenvalue weighted by atomic mass is 35.5. The summed E-state index contributed by atoms with van der Waals surface area (Å²) in [4.78, 5) is 12.3. The maximum absolute atomic E-state index is 12.3. The van der Waals surface area contributed by atoms with Gasteiger partial charge < -0.3 is 14.8 Å². The molecule has 2 aromatic carbocycles. The first kappa shape index (κ1) is 21.8. The normalized spacial score (nSPS) is 11.0. The summed E-state index contributed by atoms with van der Waals surface area (Å²) in [5.74, 6) is 0.724. The Morgan fingerprint density at radius 2 is 1.86 bits per heavy atom. The molecule has 1 N–H and O–H groups in total. The summed E-state index contributed by atoms with van der Waals surface area (Å²) in [6.07, 6.45) is 1.03. The molecule has 0 saturated carbocycles. The van der Waals surface area contributed by atoms with Crippen LogP contribution in [0.3, 0.4) is 0 Å². The Kier molecular flexibility index (Phi) is 7.53. The van der Waals surface area contributed by atoms with Crippen LogP contribution in [-0.4, -0.2) is 40.8 Å². The van der Waals surface area contributed by atoms with Gasteiger partial charge in [-0.3, -0.25) is 9.10 Å². The number of methoxy groups -OCH3 is 1. The van der Waals surface area contributed by atoms with Gasteiger partial charge in [0.05, 0.1) is 30.7 Å². The lowest BCUT2D eigenvalue weighted by Crippen LogP contribution is -2.40. The van der Waals surface area contributed by atoms with Gasteiger partial charge in [0.25, 0.3) is 0 Å². The number of hydrogen-bond donors (Lipinski definition) is 1. The van der Waals surface area contributed by atoms with Gasteiger partial charge >= 0.3 is 0 Å². The molecule has 2 aromatic rings. The van der Waals surface area contributed by atoms with Gasteiger partial charge in [-0.25, -0.2) is 8.42 Å². The van der Waals surface area contributed by atoms with Gasteiger partial charge in [0, 0.05) is 6.54 Å². The number of sulfonamides is 1. The van der Waals surface area contributed by atoms with Crippen LogP contribution in [0.25, 0.3) is 0 Å². The Balaban J connectivity index is 2.06. The first-order chi connectivity index (χ1) is 13.2. The Morgan fingerprint density at radius 3 is 2.39 bits per heavy atom. The van der Waals surface area contributed by atoms with E-state index in [1.807, 2.05) is 31.2 Å². The fourth-order valence-corrected chi connectivity index (χ4v) is 3.57. The topological polar surface area (TPSA) is 84.9 Å². The third-order valence-corrected chi connectivity index (χ3v) is 5.27. The summed E-state index contributed by atoms with van der Waals surface area (Å²) < 4.78 is 35.8. The second kappa shape index (κ2) is 9.66. The highest BCUT2D eigenvalue weighted by Crippen LogP contribution is 2.30. The molecule has 0 aliphatic rings. The van der Waals surface area contributed by atoms with Gasteiger partial charge in [-0.1, -0.05) is 23.7 Å². The number of halogens is 1. The van der Waals surface area contributed by atoms with Crippen LogP contribution in [0, 0.1) is 0 Å². The van der Waals surface area contributed by atoms with Crippen molar-refractivity contribution in [1.82, 2.24) is 5.32 Å². The molecule has 0 aromatic heterocycles. The third kappa shape index (κ3) is 6.03. The Bertz CT molecular complexity index is 916. The molecule has 9 heteroatoms. The molecule has 7 nitrogen and oxygen atoms in total. The number of carbonyl (C=O) groups excluding carboxylic acids is 1. The molecular weight excluding hydrogens is 404 g/mol. The number of nitrogens with zero attached hydrogens (tertiary/aromatic N) is 1. The average molecular weight is 427 g/mol. The van der Waals surface area contributed by atoms with E-state index in [4.69, 9.17) is 21.1 Å². The van der Waals surface area contributed by atoms with Crippen molar-refractivity contribution in [2.24, 2.45) is 0 Å². The zero-order chi connectivity index (χ0) is 20.7. The molecule has 2 rings (SSSR count). The number of rotatable bonds is 9. The predicted octanol–water partition coefficient (Wildman–Crippen LogP) is 2.83. The quantitative estimate of drug-likeness (QED) is 0.666. The van der Waals surface area contributed by atoms with Crippen LogP contribution in [0.5, 0.6) is 11.5 Å². The van der Waals surface area contributed by atoms with Crippen LogP contribution in [0.1, 0.15) is 12.5 Å². The number of ether oxygens (including phenoxy) is 2. The van der Waals surface area contributed by atoms with E-state index in [-0.39, 0.29) is 23.8 Å². The monoisotopic (exact) mass is 426 g/mol. The minimum Gasteiger partial charge on any atom is -0.495 e. The van der Waals surface area contributed by atoms with Crippen LogP contribution in [0.15, 0.2) is 42.5 Å². The second-order valence-corrected chi connectivity index (χ2v) is 8.26. The van der Waals surface area contributed by atoms with Crippen LogP contribution < -0.4 is 19.1 Å². The number of hydrogen-bond acceptors (Lipinski definition) is 5. The van der Waals surface area contributed by atoms with Crippen LogP contribution in [0.4, 0.5) is 5.69 Å². The van der Waals surface area contributed by atoms with Gasteiger partial charge in [-0.05, 0) is 42.8 Å². The van der Waals surface area contributed by atoms with Crippen molar-refractivity contribution < 1.29 is 22.7 Å². The van der Waals surface area contributed by atoms with E-state index in [0.29, 0.717) is 12.4 Å². The SMILES string of the molecule is CCOc1ccc(CNC(=O)CN(c2ccc(OC)c(Cl)c2)S(C)(=O)=O)cc1. The first-order valence-electron chi connectivity index (χ1n) is 8.54. The minimum atomic E-state index is -3.69. The molecule has 0 fully saturated rings. The van der Waals surface area contributed by atoms with Crippen molar-refractivity contribution in [3.05, 3.63) is 53.1 Å². The zero-order valence-electron chi connectivity index (χ0n) is 15.9. The van der Waals surface area contributed by atoms with Crippen LogP contribution in [-0.2, 0) is 21.4 Å². The molecule has 0 aliphatic carbocycles. The Morgan fingerprint density at radius 1 is 1.18 bits per heavy atom. The summed E-state index contributed by atoms with van der Waals surface area (Å²) in [5.41, 5.74) is 1.15. The lowest BCUT2D eigenvalue weighted by Gasteiger charge is -2.22. The molecule has 28 heavy (non-hydrogen) atoms. The molecule has 152 valence electrons. The van der Waals surface area contributed by atoms with Crippen molar-refractivity contribution >= 4 is 33.2 Å². The molecule has 0 spiro atoms.